The molecule has 0 atom stereocenters. The first-order valence-corrected chi connectivity index (χ1v) is 7.78. The predicted molar refractivity (Wildman–Crippen MR) is 94.7 cm³/mol. The van der Waals surface area contributed by atoms with Crippen LogP contribution in [0.25, 0.3) is 22.7 Å². The van der Waals surface area contributed by atoms with Gasteiger partial charge in [0.15, 0.2) is 0 Å². The molecule has 1 heterocycles. The molecule has 2 aromatic carbocycles. The second kappa shape index (κ2) is 6.40. The summed E-state index contributed by atoms with van der Waals surface area (Å²) < 4.78 is 6.04. The first-order valence-electron chi connectivity index (χ1n) is 6.70. The van der Waals surface area contributed by atoms with Gasteiger partial charge in [-0.3, -0.25) is 10.1 Å². The molecule has 0 unspecified atom stereocenters. The maximum atomic E-state index is 11.8. The zero-order valence-electron chi connectivity index (χ0n) is 12.0. The van der Waals surface area contributed by atoms with Crippen LogP contribution in [0.2, 0.25) is 0 Å². The molecule has 0 saturated carbocycles. The van der Waals surface area contributed by atoms with Crippen LogP contribution < -0.4 is 5.63 Å². The number of nitro groups is 1. The van der Waals surface area contributed by atoms with Crippen LogP contribution in [0.5, 0.6) is 5.75 Å². The van der Waals surface area contributed by atoms with Crippen LogP contribution in [0.3, 0.4) is 0 Å². The molecular formula is C16H9IN2O5. The van der Waals surface area contributed by atoms with Gasteiger partial charge in [0.05, 0.1) is 16.7 Å². The van der Waals surface area contributed by atoms with E-state index in [1.54, 1.807) is 18.2 Å². The van der Waals surface area contributed by atoms with Gasteiger partial charge < -0.3 is 9.52 Å². The fourth-order valence-electron chi connectivity index (χ4n) is 2.17. The van der Waals surface area contributed by atoms with Crippen LogP contribution in [0.1, 0.15) is 0 Å². The molecule has 1 aromatic heterocycles. The summed E-state index contributed by atoms with van der Waals surface area (Å²) in [4.78, 5) is 26.3. The molecule has 0 radical (unpaired) electrons. The molecule has 8 heteroatoms. The summed E-state index contributed by atoms with van der Waals surface area (Å²) in [7, 11) is 0. The lowest BCUT2D eigenvalue weighted by molar-refractivity contribution is -0.385. The lowest BCUT2D eigenvalue weighted by Crippen LogP contribution is -2.02. The highest BCUT2D eigenvalue weighted by atomic mass is 127. The maximum absolute atomic E-state index is 11.8. The molecule has 0 bridgehead atoms. The monoisotopic (exact) mass is 436 g/mol. The third-order valence-electron chi connectivity index (χ3n) is 3.23. The molecular weight excluding hydrogens is 427 g/mol. The predicted octanol–water partition coefficient (Wildman–Crippen LogP) is 3.59. The van der Waals surface area contributed by atoms with Crippen LogP contribution in [0.15, 0.2) is 57.7 Å². The molecule has 0 saturated heterocycles. The summed E-state index contributed by atoms with van der Waals surface area (Å²) in [6, 6.07) is 12.3. The van der Waals surface area contributed by atoms with Gasteiger partial charge in [0.2, 0.25) is 11.6 Å². The van der Waals surface area contributed by atoms with Crippen molar-refractivity contribution in [3.8, 4) is 28.5 Å². The van der Waals surface area contributed by atoms with Gasteiger partial charge >= 0.3 is 11.3 Å². The smallest absolute Gasteiger partial charge is 0.339 e. The normalized spacial score (nSPS) is 10.5. The lowest BCUT2D eigenvalue weighted by Gasteiger charge is -2.06. The van der Waals surface area contributed by atoms with Crippen molar-refractivity contribution in [2.45, 2.75) is 0 Å². The van der Waals surface area contributed by atoms with E-state index in [-0.39, 0.29) is 17.1 Å². The Hall–Kier alpha value is -2.75. The zero-order valence-corrected chi connectivity index (χ0v) is 14.1. The molecule has 3 aromatic rings. The summed E-state index contributed by atoms with van der Waals surface area (Å²) in [5.41, 5.74) is -0.353. The number of hydrogen-bond donors (Lipinski definition) is 1. The van der Waals surface area contributed by atoms with Crippen molar-refractivity contribution in [2.24, 2.45) is 0 Å². The molecule has 7 nitrogen and oxygen atoms in total. The van der Waals surface area contributed by atoms with Crippen LogP contribution in [0.4, 0.5) is 5.69 Å². The minimum absolute atomic E-state index is 0.0712. The van der Waals surface area contributed by atoms with Crippen molar-refractivity contribution in [3.05, 3.63) is 72.6 Å². The number of phenolic OH excluding ortho intramolecular Hbond substituents is 1. The highest BCUT2D eigenvalue weighted by molar-refractivity contribution is 14.1. The van der Waals surface area contributed by atoms with Crippen molar-refractivity contribution in [1.29, 1.82) is 0 Å². The second-order valence-corrected chi connectivity index (χ2v) is 6.05. The third kappa shape index (κ3) is 3.13. The van der Waals surface area contributed by atoms with Crippen LogP contribution in [-0.2, 0) is 0 Å². The highest BCUT2D eigenvalue weighted by Crippen LogP contribution is 2.35. The van der Waals surface area contributed by atoms with Gasteiger partial charge in [-0.05, 0) is 46.9 Å². The number of para-hydroxylation sites is 1. The van der Waals surface area contributed by atoms with E-state index < -0.39 is 22.0 Å². The fraction of sp³-hybridized carbons (Fsp3) is 0. The van der Waals surface area contributed by atoms with E-state index in [9.17, 15) is 20.0 Å². The largest absolute Gasteiger partial charge is 0.502 e. The first-order chi connectivity index (χ1) is 11.5. The van der Waals surface area contributed by atoms with Gasteiger partial charge in [0.1, 0.15) is 0 Å². The Bertz CT molecular complexity index is 1000. The first kappa shape index (κ1) is 16.1. The molecule has 0 aliphatic carbocycles. The van der Waals surface area contributed by atoms with Crippen molar-refractivity contribution < 1.29 is 14.4 Å². The average Bonchev–Trinajstić information content (AvgIpc) is 2.54. The molecule has 120 valence electrons. The van der Waals surface area contributed by atoms with E-state index in [1.807, 2.05) is 6.07 Å². The Labute approximate surface area is 148 Å². The Balaban J connectivity index is 2.19. The molecule has 0 amide bonds. The number of halogens is 1. The molecule has 24 heavy (non-hydrogen) atoms. The van der Waals surface area contributed by atoms with Gasteiger partial charge in [-0.25, -0.2) is 9.78 Å². The number of rotatable bonds is 3. The molecule has 0 aliphatic rings. The van der Waals surface area contributed by atoms with Gasteiger partial charge in [-0.1, -0.05) is 12.1 Å². The Morgan fingerprint density at radius 3 is 2.62 bits per heavy atom. The molecule has 0 aliphatic heterocycles. The van der Waals surface area contributed by atoms with Crippen molar-refractivity contribution >= 4 is 28.3 Å². The number of nitrogens with zero attached hydrogens (tertiary/aromatic N) is 2. The summed E-state index contributed by atoms with van der Waals surface area (Å²) in [6.07, 6.45) is 0. The summed E-state index contributed by atoms with van der Waals surface area (Å²) in [5.74, 6) is -0.476. The van der Waals surface area contributed by atoms with Crippen LogP contribution in [0, 0.1) is 13.7 Å². The van der Waals surface area contributed by atoms with Crippen LogP contribution in [-0.4, -0.2) is 15.0 Å². The zero-order chi connectivity index (χ0) is 17.3. The van der Waals surface area contributed by atoms with Gasteiger partial charge in [0, 0.05) is 20.8 Å². The van der Waals surface area contributed by atoms with Crippen molar-refractivity contribution in [2.75, 3.05) is 0 Å². The van der Waals surface area contributed by atoms with E-state index in [2.05, 4.69) is 27.6 Å². The number of phenols is 1. The summed E-state index contributed by atoms with van der Waals surface area (Å²) in [6.45, 7) is 0. The van der Waals surface area contributed by atoms with E-state index in [0.29, 0.717) is 5.56 Å². The minimum atomic E-state index is -0.704. The molecule has 1 N–H and O–H groups in total. The van der Waals surface area contributed by atoms with Crippen molar-refractivity contribution in [3.63, 3.8) is 0 Å². The topological polar surface area (TPSA) is 106 Å². The standard InChI is InChI=1S/C16H9IN2O5/c17-10-4-1-3-9(7-10)16-18-12(8-14(20)24-16)11-5-2-6-13(15(11)21)19(22)23/h1-8,21H. The lowest BCUT2D eigenvalue weighted by atomic mass is 10.1. The SMILES string of the molecule is O=c1cc(-c2cccc([N+](=O)[O-])c2O)nc(-c2cccc(I)c2)o1. The highest BCUT2D eigenvalue weighted by Gasteiger charge is 2.19. The molecule has 0 fully saturated rings. The van der Waals surface area contributed by atoms with Crippen LogP contribution >= 0.6 is 22.6 Å². The minimum Gasteiger partial charge on any atom is -0.502 e. The van der Waals surface area contributed by atoms with E-state index in [0.717, 1.165) is 9.64 Å². The Kier molecular flexibility index (Phi) is 4.30. The number of benzene rings is 2. The number of nitro benzene ring substituents is 1. The van der Waals surface area contributed by atoms with E-state index >= 15 is 0 Å². The number of aromatic nitrogens is 1. The second-order valence-electron chi connectivity index (χ2n) is 4.81. The Morgan fingerprint density at radius 1 is 1.17 bits per heavy atom. The van der Waals surface area contributed by atoms with E-state index in [1.165, 1.54) is 18.2 Å². The van der Waals surface area contributed by atoms with E-state index in [4.69, 9.17) is 4.42 Å². The molecule has 3 rings (SSSR count). The third-order valence-corrected chi connectivity index (χ3v) is 3.90. The number of aromatic hydroxyl groups is 1. The Morgan fingerprint density at radius 2 is 1.92 bits per heavy atom. The van der Waals surface area contributed by atoms with Gasteiger partial charge in [-0.2, -0.15) is 0 Å². The molecule has 0 spiro atoms. The summed E-state index contributed by atoms with van der Waals surface area (Å²) in [5, 5.41) is 21.0. The number of hydrogen-bond acceptors (Lipinski definition) is 6. The fourth-order valence-corrected chi connectivity index (χ4v) is 2.71. The average molecular weight is 436 g/mol. The van der Waals surface area contributed by atoms with Crippen molar-refractivity contribution in [1.82, 2.24) is 4.98 Å². The summed E-state index contributed by atoms with van der Waals surface area (Å²) >= 11 is 2.12. The quantitative estimate of drug-likeness (QED) is 0.382. The van der Waals surface area contributed by atoms with Gasteiger partial charge in [0.25, 0.3) is 0 Å². The van der Waals surface area contributed by atoms with Gasteiger partial charge in [-0.15, -0.1) is 0 Å². The maximum Gasteiger partial charge on any atom is 0.339 e.